The third kappa shape index (κ3) is 2.61. The summed E-state index contributed by atoms with van der Waals surface area (Å²) < 4.78 is 0. The highest BCUT2D eigenvalue weighted by molar-refractivity contribution is 5.86. The van der Waals surface area contributed by atoms with E-state index in [2.05, 4.69) is 47.8 Å². The first-order valence-corrected chi connectivity index (χ1v) is 8.25. The average Bonchev–Trinajstić information content (AvgIpc) is 3.44. The van der Waals surface area contributed by atoms with Gasteiger partial charge in [-0.15, -0.1) is 0 Å². The molecule has 0 saturated heterocycles. The van der Waals surface area contributed by atoms with Crippen LogP contribution in [0.2, 0.25) is 0 Å². The molecule has 0 radical (unpaired) electrons. The zero-order valence-electron chi connectivity index (χ0n) is 12.7. The predicted octanol–water partition coefficient (Wildman–Crippen LogP) is 2.80. The minimum atomic E-state index is 0.133. The Morgan fingerprint density at radius 2 is 1.95 bits per heavy atom. The Morgan fingerprint density at radius 3 is 2.68 bits per heavy atom. The first kappa shape index (κ1) is 13.8. The quantitative estimate of drug-likeness (QED) is 0.891. The van der Waals surface area contributed by atoms with Gasteiger partial charge < -0.3 is 11.1 Å². The first-order valence-electron chi connectivity index (χ1n) is 8.25. The van der Waals surface area contributed by atoms with E-state index in [4.69, 9.17) is 5.73 Å². The minimum absolute atomic E-state index is 0.133. The highest BCUT2D eigenvalue weighted by Crippen LogP contribution is 2.48. The third-order valence-electron chi connectivity index (χ3n) is 5.10. The number of nitrogens with two attached hydrogens (primary N) is 1. The second-order valence-corrected chi connectivity index (χ2v) is 6.74. The van der Waals surface area contributed by atoms with Crippen LogP contribution in [0.1, 0.15) is 30.7 Å². The fourth-order valence-electron chi connectivity index (χ4n) is 3.45. The Morgan fingerprint density at radius 1 is 1.18 bits per heavy atom. The summed E-state index contributed by atoms with van der Waals surface area (Å²) >= 11 is 0. The van der Waals surface area contributed by atoms with Crippen LogP contribution in [-0.4, -0.2) is 18.5 Å². The highest BCUT2D eigenvalue weighted by Gasteiger charge is 2.45. The highest BCUT2D eigenvalue weighted by atomic mass is 16.2. The van der Waals surface area contributed by atoms with Crippen molar-refractivity contribution in [2.75, 3.05) is 6.54 Å². The maximum atomic E-state index is 12.4. The van der Waals surface area contributed by atoms with Crippen molar-refractivity contribution in [2.24, 2.45) is 17.6 Å². The average molecular weight is 294 g/mol. The molecule has 1 amide bonds. The molecule has 0 aliphatic heterocycles. The zero-order valence-corrected chi connectivity index (χ0v) is 12.7. The molecule has 3 N–H and O–H groups in total. The number of hydrogen-bond acceptors (Lipinski definition) is 2. The Kier molecular flexibility index (Phi) is 3.38. The molecular formula is C19H22N2O. The van der Waals surface area contributed by atoms with E-state index in [0.717, 1.165) is 6.42 Å². The number of fused-ring (bicyclic) bond motifs is 1. The summed E-state index contributed by atoms with van der Waals surface area (Å²) in [5.74, 6) is 1.32. The van der Waals surface area contributed by atoms with Crippen LogP contribution in [0.25, 0.3) is 10.8 Å². The van der Waals surface area contributed by atoms with Gasteiger partial charge in [-0.3, -0.25) is 4.79 Å². The standard InChI is InChI=1S/C19H22N2O/c20-11-18(13-6-7-13)21-19(22)17-10-16(17)15-8-5-12-3-1-2-4-14(12)9-15/h1-5,8-9,13,16-18H,6-7,10-11,20H2,(H,21,22). The van der Waals surface area contributed by atoms with Crippen LogP contribution in [0.5, 0.6) is 0 Å². The van der Waals surface area contributed by atoms with Crippen LogP contribution >= 0.6 is 0 Å². The van der Waals surface area contributed by atoms with Gasteiger partial charge in [-0.2, -0.15) is 0 Å². The molecule has 2 aliphatic carbocycles. The topological polar surface area (TPSA) is 55.1 Å². The fourth-order valence-corrected chi connectivity index (χ4v) is 3.45. The Bertz CT molecular complexity index is 707. The van der Waals surface area contributed by atoms with E-state index in [1.165, 1.54) is 29.2 Å². The second-order valence-electron chi connectivity index (χ2n) is 6.74. The molecule has 3 nitrogen and oxygen atoms in total. The van der Waals surface area contributed by atoms with E-state index in [9.17, 15) is 4.79 Å². The smallest absolute Gasteiger partial charge is 0.224 e. The van der Waals surface area contributed by atoms with E-state index in [-0.39, 0.29) is 17.9 Å². The number of carbonyl (C=O) groups excluding carboxylic acids is 1. The van der Waals surface area contributed by atoms with Crippen molar-refractivity contribution < 1.29 is 4.79 Å². The van der Waals surface area contributed by atoms with Crippen LogP contribution in [0, 0.1) is 11.8 Å². The number of carbonyl (C=O) groups is 1. The first-order chi connectivity index (χ1) is 10.8. The van der Waals surface area contributed by atoms with Gasteiger partial charge in [-0.1, -0.05) is 42.5 Å². The van der Waals surface area contributed by atoms with Crippen LogP contribution < -0.4 is 11.1 Å². The summed E-state index contributed by atoms with van der Waals surface area (Å²) in [6.45, 7) is 0.559. The molecule has 114 valence electrons. The van der Waals surface area contributed by atoms with Gasteiger partial charge in [-0.05, 0) is 47.4 Å². The lowest BCUT2D eigenvalue weighted by Crippen LogP contribution is -2.42. The van der Waals surface area contributed by atoms with Gasteiger partial charge in [0.25, 0.3) is 0 Å². The SMILES string of the molecule is NCC(NC(=O)C1CC1c1ccc2ccccc2c1)C1CC1. The van der Waals surface area contributed by atoms with Crippen molar-refractivity contribution in [1.29, 1.82) is 0 Å². The van der Waals surface area contributed by atoms with E-state index < -0.39 is 0 Å². The molecule has 3 unspecified atom stereocenters. The van der Waals surface area contributed by atoms with Crippen molar-refractivity contribution in [3.8, 4) is 0 Å². The van der Waals surface area contributed by atoms with Gasteiger partial charge in [-0.25, -0.2) is 0 Å². The van der Waals surface area contributed by atoms with E-state index in [1.807, 2.05) is 0 Å². The molecule has 0 bridgehead atoms. The van der Waals surface area contributed by atoms with Crippen LogP contribution in [0.3, 0.4) is 0 Å². The molecule has 2 aliphatic rings. The molecule has 3 heteroatoms. The molecule has 2 fully saturated rings. The number of nitrogens with one attached hydrogen (secondary N) is 1. The van der Waals surface area contributed by atoms with Crippen molar-refractivity contribution in [2.45, 2.75) is 31.2 Å². The number of rotatable bonds is 5. The summed E-state index contributed by atoms with van der Waals surface area (Å²) in [5.41, 5.74) is 7.06. The molecular weight excluding hydrogens is 272 g/mol. The zero-order chi connectivity index (χ0) is 15.1. The predicted molar refractivity (Wildman–Crippen MR) is 88.5 cm³/mol. The number of benzene rings is 2. The monoisotopic (exact) mass is 294 g/mol. The van der Waals surface area contributed by atoms with Crippen LogP contribution in [0.4, 0.5) is 0 Å². The van der Waals surface area contributed by atoms with Gasteiger partial charge in [0.1, 0.15) is 0 Å². The van der Waals surface area contributed by atoms with Gasteiger partial charge in [0.15, 0.2) is 0 Å². The molecule has 4 rings (SSSR count). The molecule has 0 heterocycles. The van der Waals surface area contributed by atoms with E-state index >= 15 is 0 Å². The van der Waals surface area contributed by atoms with Crippen LogP contribution in [-0.2, 0) is 4.79 Å². The third-order valence-corrected chi connectivity index (χ3v) is 5.10. The lowest BCUT2D eigenvalue weighted by molar-refractivity contribution is -0.123. The summed E-state index contributed by atoms with van der Waals surface area (Å²) in [5, 5.41) is 5.67. The van der Waals surface area contributed by atoms with Gasteiger partial charge in [0.05, 0.1) is 0 Å². The lowest BCUT2D eigenvalue weighted by Gasteiger charge is -2.16. The Balaban J connectivity index is 1.44. The summed E-state index contributed by atoms with van der Waals surface area (Å²) in [6, 6.07) is 15.1. The Hall–Kier alpha value is -1.87. The van der Waals surface area contributed by atoms with Crippen molar-refractivity contribution in [3.05, 3.63) is 48.0 Å². The molecule has 2 saturated carbocycles. The lowest BCUT2D eigenvalue weighted by atomic mass is 10.0. The molecule has 2 aromatic carbocycles. The van der Waals surface area contributed by atoms with Crippen LogP contribution in [0.15, 0.2) is 42.5 Å². The van der Waals surface area contributed by atoms with Gasteiger partial charge in [0.2, 0.25) is 5.91 Å². The molecule has 2 aromatic rings. The minimum Gasteiger partial charge on any atom is -0.352 e. The number of amides is 1. The molecule has 0 aromatic heterocycles. The maximum absolute atomic E-state index is 12.4. The summed E-state index contributed by atoms with van der Waals surface area (Å²) in [7, 11) is 0. The van der Waals surface area contributed by atoms with E-state index in [0.29, 0.717) is 18.4 Å². The molecule has 22 heavy (non-hydrogen) atoms. The number of hydrogen-bond donors (Lipinski definition) is 2. The second kappa shape index (κ2) is 5.40. The molecule has 3 atom stereocenters. The summed E-state index contributed by atoms with van der Waals surface area (Å²) in [6.07, 6.45) is 3.38. The van der Waals surface area contributed by atoms with Gasteiger partial charge >= 0.3 is 0 Å². The largest absolute Gasteiger partial charge is 0.352 e. The van der Waals surface area contributed by atoms with Crippen molar-refractivity contribution >= 4 is 16.7 Å². The fraction of sp³-hybridized carbons (Fsp3) is 0.421. The van der Waals surface area contributed by atoms with Crippen molar-refractivity contribution in [3.63, 3.8) is 0 Å². The normalized spacial score (nSPS) is 25.0. The van der Waals surface area contributed by atoms with E-state index in [1.54, 1.807) is 0 Å². The molecule has 0 spiro atoms. The Labute approximate surface area is 130 Å². The van der Waals surface area contributed by atoms with Gasteiger partial charge in [0, 0.05) is 18.5 Å². The van der Waals surface area contributed by atoms with Crippen molar-refractivity contribution in [1.82, 2.24) is 5.32 Å². The summed E-state index contributed by atoms with van der Waals surface area (Å²) in [4.78, 5) is 12.4. The maximum Gasteiger partial charge on any atom is 0.224 e.